The van der Waals surface area contributed by atoms with E-state index in [1.54, 1.807) is 18.0 Å². The third kappa shape index (κ3) is 6.61. The van der Waals surface area contributed by atoms with Gasteiger partial charge in [-0.25, -0.2) is 4.98 Å². The van der Waals surface area contributed by atoms with Gasteiger partial charge in [0.05, 0.1) is 22.9 Å². The number of imidazole rings is 1. The molecule has 38 heavy (non-hydrogen) atoms. The Morgan fingerprint density at radius 2 is 1.82 bits per heavy atom. The maximum atomic E-state index is 13.2. The molecule has 2 amide bonds. The maximum Gasteiger partial charge on any atom is 0.251 e. The van der Waals surface area contributed by atoms with Crippen LogP contribution in [0.2, 0.25) is 0 Å². The van der Waals surface area contributed by atoms with Crippen molar-refractivity contribution in [2.45, 2.75) is 64.4 Å². The van der Waals surface area contributed by atoms with Gasteiger partial charge in [-0.15, -0.1) is 11.8 Å². The fraction of sp³-hybridized carbons (Fsp3) is 0.333. The highest BCUT2D eigenvalue weighted by atomic mass is 32.2. The fourth-order valence-electron chi connectivity index (χ4n) is 4.42. The number of thioether (sulfide) groups is 1. The van der Waals surface area contributed by atoms with Gasteiger partial charge < -0.3 is 15.2 Å². The summed E-state index contributed by atoms with van der Waals surface area (Å²) in [5, 5.41) is 5.67. The summed E-state index contributed by atoms with van der Waals surface area (Å²) in [5.74, 6) is 1.18. The Labute approximate surface area is 228 Å². The van der Waals surface area contributed by atoms with Crippen LogP contribution in [0.4, 0.5) is 5.69 Å². The average Bonchev–Trinajstić information content (AvgIpc) is 3.26. The van der Waals surface area contributed by atoms with Gasteiger partial charge in [0.1, 0.15) is 11.7 Å². The Morgan fingerprint density at radius 3 is 2.47 bits per heavy atom. The molecule has 1 unspecified atom stereocenters. The van der Waals surface area contributed by atoms with Crippen LogP contribution in [0.1, 0.15) is 57.2 Å². The molecule has 0 saturated carbocycles. The lowest BCUT2D eigenvalue weighted by Crippen LogP contribution is -2.35. The number of carbonyl (C=O) groups excluding carboxylic acids is 2. The van der Waals surface area contributed by atoms with Crippen LogP contribution in [0.3, 0.4) is 0 Å². The molecule has 2 aromatic carbocycles. The van der Waals surface area contributed by atoms with Crippen molar-refractivity contribution in [1.82, 2.24) is 19.9 Å². The van der Waals surface area contributed by atoms with Gasteiger partial charge in [-0.1, -0.05) is 44.9 Å². The minimum absolute atomic E-state index is 0.275. The van der Waals surface area contributed by atoms with Crippen LogP contribution < -0.4 is 10.6 Å². The molecule has 0 radical (unpaired) electrons. The van der Waals surface area contributed by atoms with Crippen molar-refractivity contribution < 1.29 is 9.59 Å². The van der Waals surface area contributed by atoms with Crippen molar-refractivity contribution in [3.8, 4) is 11.5 Å². The van der Waals surface area contributed by atoms with Crippen LogP contribution in [-0.2, 0) is 16.1 Å². The summed E-state index contributed by atoms with van der Waals surface area (Å²) in [6.07, 6.45) is 5.01. The van der Waals surface area contributed by atoms with E-state index in [2.05, 4.69) is 59.2 Å². The van der Waals surface area contributed by atoms with Crippen molar-refractivity contribution in [1.29, 1.82) is 0 Å². The van der Waals surface area contributed by atoms with Gasteiger partial charge >= 0.3 is 0 Å². The van der Waals surface area contributed by atoms with Crippen molar-refractivity contribution in [3.63, 3.8) is 0 Å². The fourth-order valence-corrected chi connectivity index (χ4v) is 5.08. The van der Waals surface area contributed by atoms with Crippen LogP contribution in [0.15, 0.2) is 65.7 Å². The molecule has 2 aromatic heterocycles. The van der Waals surface area contributed by atoms with Gasteiger partial charge in [-0.2, -0.15) is 0 Å². The van der Waals surface area contributed by atoms with E-state index in [1.807, 2.05) is 36.4 Å². The van der Waals surface area contributed by atoms with Crippen LogP contribution in [0.5, 0.6) is 0 Å². The topological polar surface area (TPSA) is 88.9 Å². The van der Waals surface area contributed by atoms with E-state index < -0.39 is 6.04 Å². The number of rotatable bonds is 11. The molecule has 2 N–H and O–H groups in total. The molecule has 198 valence electrons. The van der Waals surface area contributed by atoms with E-state index in [9.17, 15) is 9.59 Å². The van der Waals surface area contributed by atoms with E-state index in [4.69, 9.17) is 4.98 Å². The Bertz CT molecular complexity index is 1400. The summed E-state index contributed by atoms with van der Waals surface area (Å²) in [4.78, 5) is 35.7. The zero-order valence-corrected chi connectivity index (χ0v) is 23.3. The molecule has 0 saturated heterocycles. The molecule has 1 atom stereocenters. The highest BCUT2D eigenvalue weighted by Crippen LogP contribution is 2.27. The number of fused-ring (bicyclic) bond motifs is 1. The minimum Gasteiger partial charge on any atom is -0.341 e. The number of hydrogen-bond donors (Lipinski definition) is 2. The van der Waals surface area contributed by atoms with Gasteiger partial charge in [-0.3, -0.25) is 14.6 Å². The first-order chi connectivity index (χ1) is 18.4. The molecule has 0 aliphatic heterocycles. The number of carbonyl (C=O) groups is 2. The summed E-state index contributed by atoms with van der Waals surface area (Å²) in [5.41, 5.74) is 5.27. The molecule has 7 nitrogen and oxygen atoms in total. The number of nitrogens with one attached hydrogen (secondary N) is 2. The predicted molar refractivity (Wildman–Crippen MR) is 155 cm³/mol. The molecule has 8 heteroatoms. The lowest BCUT2D eigenvalue weighted by molar-refractivity contribution is -0.125. The predicted octanol–water partition coefficient (Wildman–Crippen LogP) is 6.52. The van der Waals surface area contributed by atoms with Crippen molar-refractivity contribution in [2.24, 2.45) is 0 Å². The van der Waals surface area contributed by atoms with Gasteiger partial charge in [0.15, 0.2) is 5.82 Å². The normalized spacial score (nSPS) is 11.9. The second-order valence-corrected chi connectivity index (χ2v) is 10.7. The van der Waals surface area contributed by atoms with E-state index in [-0.39, 0.29) is 11.8 Å². The van der Waals surface area contributed by atoms with Gasteiger partial charge in [0.25, 0.3) is 5.91 Å². The molecular weight excluding hydrogens is 494 g/mol. The molecule has 0 aliphatic carbocycles. The molecular formula is C30H35N5O2S. The zero-order chi connectivity index (χ0) is 27.1. The van der Waals surface area contributed by atoms with Crippen molar-refractivity contribution >= 4 is 40.3 Å². The number of anilines is 1. The highest BCUT2D eigenvalue weighted by molar-refractivity contribution is 7.99. The van der Waals surface area contributed by atoms with Gasteiger partial charge in [0, 0.05) is 18.4 Å². The summed E-state index contributed by atoms with van der Waals surface area (Å²) >= 11 is 1.73. The molecule has 2 heterocycles. The Balaban J connectivity index is 1.56. The first kappa shape index (κ1) is 27.4. The van der Waals surface area contributed by atoms with E-state index in [0.717, 1.165) is 64.6 Å². The maximum absolute atomic E-state index is 13.2. The number of aromatic nitrogens is 3. The quantitative estimate of drug-likeness (QED) is 0.170. The SMILES string of the molecule is CCCCCn1c(-c2ccc(NC(=O)C(NC(C)=O)c3ccc(SCC)cc3)cn2)nc2ccc(C)cc21. The standard InChI is InChI=1S/C30H35N5O2S/c1-5-7-8-17-35-27-18-20(3)9-15-25(27)34-29(35)26-16-12-23(19-31-26)33-30(37)28(32-21(4)36)22-10-13-24(14-11-22)38-6-2/h9-16,18-19,28H,5-8,17H2,1-4H3,(H,32,36)(H,33,37). The summed E-state index contributed by atoms with van der Waals surface area (Å²) < 4.78 is 2.24. The van der Waals surface area contributed by atoms with Gasteiger partial charge in [-0.05, 0) is 66.6 Å². The summed E-state index contributed by atoms with van der Waals surface area (Å²) in [6.45, 7) is 8.66. The van der Waals surface area contributed by atoms with Gasteiger partial charge in [0.2, 0.25) is 5.91 Å². The van der Waals surface area contributed by atoms with E-state index >= 15 is 0 Å². The number of amides is 2. The number of nitrogens with zero attached hydrogens (tertiary/aromatic N) is 3. The molecule has 0 bridgehead atoms. The zero-order valence-electron chi connectivity index (χ0n) is 22.5. The van der Waals surface area contributed by atoms with Crippen molar-refractivity contribution in [2.75, 3.05) is 11.1 Å². The Hall–Kier alpha value is -3.65. The average molecular weight is 530 g/mol. The number of unbranched alkanes of at least 4 members (excludes halogenated alkanes) is 2. The Morgan fingerprint density at radius 1 is 1.03 bits per heavy atom. The molecule has 4 aromatic rings. The third-order valence-corrected chi connectivity index (χ3v) is 7.18. The largest absolute Gasteiger partial charge is 0.341 e. The summed E-state index contributed by atoms with van der Waals surface area (Å²) in [7, 11) is 0. The Kier molecular flexibility index (Phi) is 9.18. The number of pyridine rings is 1. The van der Waals surface area contributed by atoms with Crippen LogP contribution in [0, 0.1) is 6.92 Å². The minimum atomic E-state index is -0.807. The summed E-state index contributed by atoms with van der Waals surface area (Å²) in [6, 6.07) is 16.9. The first-order valence-corrected chi connectivity index (χ1v) is 14.1. The molecule has 0 fully saturated rings. The van der Waals surface area contributed by atoms with Crippen LogP contribution >= 0.6 is 11.8 Å². The highest BCUT2D eigenvalue weighted by Gasteiger charge is 2.22. The molecule has 0 aliphatic rings. The molecule has 4 rings (SSSR count). The lowest BCUT2D eigenvalue weighted by atomic mass is 10.1. The third-order valence-electron chi connectivity index (χ3n) is 6.28. The van der Waals surface area contributed by atoms with Crippen LogP contribution in [-0.4, -0.2) is 32.1 Å². The number of aryl methyl sites for hydroxylation is 2. The molecule has 0 spiro atoms. The number of hydrogen-bond acceptors (Lipinski definition) is 5. The number of benzene rings is 2. The second-order valence-electron chi connectivity index (χ2n) is 9.34. The van der Waals surface area contributed by atoms with E-state index in [1.165, 1.54) is 12.5 Å². The lowest BCUT2D eigenvalue weighted by Gasteiger charge is -2.18. The van der Waals surface area contributed by atoms with Crippen LogP contribution in [0.25, 0.3) is 22.6 Å². The first-order valence-electron chi connectivity index (χ1n) is 13.1. The smallest absolute Gasteiger partial charge is 0.251 e. The van der Waals surface area contributed by atoms with Crippen molar-refractivity contribution in [3.05, 3.63) is 71.9 Å². The van der Waals surface area contributed by atoms with E-state index in [0.29, 0.717) is 5.69 Å². The monoisotopic (exact) mass is 529 g/mol. The second kappa shape index (κ2) is 12.7.